The van der Waals surface area contributed by atoms with Crippen LogP contribution < -0.4 is 14.9 Å². The average molecular weight is 562 g/mol. The van der Waals surface area contributed by atoms with E-state index in [1.807, 2.05) is 56.3 Å². The van der Waals surface area contributed by atoms with Gasteiger partial charge in [0.15, 0.2) is 0 Å². The molecule has 0 atom stereocenters. The molecule has 2 N–H and O–H groups in total. The smallest absolute Gasteiger partial charge is 0.258 e. The number of fused-ring (bicyclic) bond motifs is 1. The number of rotatable bonds is 10. The quantitative estimate of drug-likeness (QED) is 0.363. The first-order chi connectivity index (χ1) is 19.0. The van der Waals surface area contributed by atoms with Gasteiger partial charge in [0.2, 0.25) is 10.0 Å². The van der Waals surface area contributed by atoms with Crippen molar-refractivity contribution < 1.29 is 18.0 Å². The first-order valence-electron chi connectivity index (χ1n) is 13.0. The number of carbonyl (C=O) groups excluding carboxylic acids is 2. The molecule has 9 nitrogen and oxygen atoms in total. The molecule has 0 unspecified atom stereocenters. The van der Waals surface area contributed by atoms with Gasteiger partial charge in [0.25, 0.3) is 11.8 Å². The van der Waals surface area contributed by atoms with Crippen molar-refractivity contribution in [2.24, 2.45) is 0 Å². The van der Waals surface area contributed by atoms with Gasteiger partial charge in [-0.05, 0) is 63.0 Å². The fourth-order valence-electron chi connectivity index (χ4n) is 4.43. The van der Waals surface area contributed by atoms with E-state index in [9.17, 15) is 18.0 Å². The lowest BCUT2D eigenvalue weighted by atomic mass is 9.98. The van der Waals surface area contributed by atoms with Gasteiger partial charge in [-0.25, -0.2) is 8.42 Å². The second-order valence-corrected chi connectivity index (χ2v) is 11.9. The summed E-state index contributed by atoms with van der Waals surface area (Å²) < 4.78 is 26.3. The highest BCUT2D eigenvalue weighted by molar-refractivity contribution is 7.92. The molecule has 0 bridgehead atoms. The van der Waals surface area contributed by atoms with Crippen LogP contribution >= 0.6 is 0 Å². The van der Waals surface area contributed by atoms with E-state index >= 15 is 0 Å². The summed E-state index contributed by atoms with van der Waals surface area (Å²) in [5.41, 5.74) is 4.87. The Kier molecular flexibility index (Phi) is 8.61. The Bertz CT molecular complexity index is 1530. The maximum atomic E-state index is 13.3. The average Bonchev–Trinajstić information content (AvgIpc) is 3.25. The number of hydrogen-bond acceptors (Lipinski definition) is 6. The number of benzene rings is 3. The Labute approximate surface area is 236 Å². The molecule has 40 heavy (non-hydrogen) atoms. The van der Waals surface area contributed by atoms with Crippen LogP contribution in [-0.2, 0) is 14.8 Å². The zero-order valence-corrected chi connectivity index (χ0v) is 24.2. The number of hydrogen-bond donors (Lipinski definition) is 2. The summed E-state index contributed by atoms with van der Waals surface area (Å²) in [6.07, 6.45) is 1.20. The molecule has 1 aliphatic rings. The SMILES string of the molecule is CCN(C)C(=O)c1ccc2c(c1)NC(=O)/C2=C(\Nc1ccc(N(CCN(C)C)S(C)(=O)=O)cc1)c1ccccc1. The monoisotopic (exact) mass is 561 g/mol. The molecule has 1 aliphatic heterocycles. The summed E-state index contributed by atoms with van der Waals surface area (Å²) >= 11 is 0. The molecular formula is C30H35N5O4S. The Morgan fingerprint density at radius 3 is 2.17 bits per heavy atom. The zero-order valence-electron chi connectivity index (χ0n) is 23.4. The Balaban J connectivity index is 1.73. The minimum absolute atomic E-state index is 0.118. The van der Waals surface area contributed by atoms with Crippen LogP contribution in [0.3, 0.4) is 0 Å². The molecule has 0 aromatic heterocycles. The molecule has 4 rings (SSSR count). The highest BCUT2D eigenvalue weighted by atomic mass is 32.2. The van der Waals surface area contributed by atoms with Crippen molar-refractivity contribution >= 4 is 50.2 Å². The van der Waals surface area contributed by atoms with Crippen LogP contribution in [0, 0.1) is 0 Å². The molecule has 1 heterocycles. The van der Waals surface area contributed by atoms with Crippen molar-refractivity contribution in [3.63, 3.8) is 0 Å². The molecule has 3 aromatic carbocycles. The molecule has 0 radical (unpaired) electrons. The van der Waals surface area contributed by atoms with Gasteiger partial charge in [-0.3, -0.25) is 13.9 Å². The van der Waals surface area contributed by atoms with E-state index in [-0.39, 0.29) is 11.8 Å². The van der Waals surface area contributed by atoms with Gasteiger partial charge in [0, 0.05) is 49.2 Å². The number of sulfonamides is 1. The minimum Gasteiger partial charge on any atom is -0.354 e. The third-order valence-corrected chi connectivity index (χ3v) is 7.91. The van der Waals surface area contributed by atoms with E-state index in [0.29, 0.717) is 59.1 Å². The number of carbonyl (C=O) groups is 2. The summed E-state index contributed by atoms with van der Waals surface area (Å²) in [7, 11) is 2.06. The summed E-state index contributed by atoms with van der Waals surface area (Å²) in [4.78, 5) is 29.5. The predicted molar refractivity (Wildman–Crippen MR) is 162 cm³/mol. The third kappa shape index (κ3) is 6.35. The number of nitrogens with zero attached hydrogens (tertiary/aromatic N) is 3. The standard InChI is InChI=1S/C30H35N5O4S/c1-6-34(4)30(37)22-12-17-25-26(20-22)32-29(36)27(25)28(21-10-8-7-9-11-21)31-23-13-15-24(16-14-23)35(40(5,38)39)19-18-33(2)3/h7-17,20,31H,6,18-19H2,1-5H3,(H,32,36)/b28-27-. The molecule has 0 aliphatic carbocycles. The van der Waals surface area contributed by atoms with Crippen molar-refractivity contribution in [1.82, 2.24) is 9.80 Å². The van der Waals surface area contributed by atoms with Crippen molar-refractivity contribution in [1.29, 1.82) is 0 Å². The maximum absolute atomic E-state index is 13.3. The Morgan fingerprint density at radius 1 is 0.900 bits per heavy atom. The molecule has 210 valence electrons. The predicted octanol–water partition coefficient (Wildman–Crippen LogP) is 4.04. The normalized spacial score (nSPS) is 14.0. The molecule has 0 spiro atoms. The lowest BCUT2D eigenvalue weighted by molar-refractivity contribution is -0.110. The number of anilines is 3. The molecule has 0 saturated heterocycles. The highest BCUT2D eigenvalue weighted by Gasteiger charge is 2.29. The van der Waals surface area contributed by atoms with Gasteiger partial charge in [0.05, 0.1) is 23.2 Å². The van der Waals surface area contributed by atoms with Crippen molar-refractivity contribution in [2.45, 2.75) is 6.92 Å². The van der Waals surface area contributed by atoms with Crippen molar-refractivity contribution in [2.75, 3.05) is 62.0 Å². The Hall–Kier alpha value is -4.15. The van der Waals surface area contributed by atoms with Gasteiger partial charge in [-0.1, -0.05) is 36.4 Å². The number of likely N-dealkylation sites (N-methyl/N-ethyl adjacent to an activating group) is 1. The molecule has 3 aromatic rings. The molecular weight excluding hydrogens is 526 g/mol. The summed E-state index contributed by atoms with van der Waals surface area (Å²) in [6.45, 7) is 3.38. The number of amides is 2. The van der Waals surface area contributed by atoms with Gasteiger partial charge in [-0.2, -0.15) is 0 Å². The Morgan fingerprint density at radius 2 is 1.57 bits per heavy atom. The number of nitrogens with one attached hydrogen (secondary N) is 2. The van der Waals surface area contributed by atoms with E-state index in [1.54, 1.807) is 54.4 Å². The van der Waals surface area contributed by atoms with Crippen LogP contribution in [0.4, 0.5) is 17.1 Å². The second-order valence-electron chi connectivity index (χ2n) is 9.96. The van der Waals surface area contributed by atoms with Crippen LogP contribution in [0.2, 0.25) is 0 Å². The third-order valence-electron chi connectivity index (χ3n) is 6.72. The van der Waals surface area contributed by atoms with Crippen LogP contribution in [0.1, 0.15) is 28.4 Å². The molecule has 0 saturated carbocycles. The molecule has 0 fully saturated rings. The van der Waals surface area contributed by atoms with E-state index in [1.165, 1.54) is 10.6 Å². The fraction of sp³-hybridized carbons (Fsp3) is 0.267. The summed E-state index contributed by atoms with van der Waals surface area (Å²) in [5, 5.41) is 6.31. The maximum Gasteiger partial charge on any atom is 0.258 e. The van der Waals surface area contributed by atoms with Crippen LogP contribution in [0.15, 0.2) is 72.8 Å². The lowest BCUT2D eigenvalue weighted by Crippen LogP contribution is -2.35. The van der Waals surface area contributed by atoms with Gasteiger partial charge < -0.3 is 20.4 Å². The van der Waals surface area contributed by atoms with E-state index in [0.717, 1.165) is 5.56 Å². The van der Waals surface area contributed by atoms with Gasteiger partial charge >= 0.3 is 0 Å². The topological polar surface area (TPSA) is 102 Å². The van der Waals surface area contributed by atoms with Gasteiger partial charge in [0.1, 0.15) is 0 Å². The van der Waals surface area contributed by atoms with Crippen molar-refractivity contribution in [3.05, 3.63) is 89.5 Å². The van der Waals surface area contributed by atoms with E-state index < -0.39 is 10.0 Å². The van der Waals surface area contributed by atoms with E-state index in [2.05, 4.69) is 10.6 Å². The first kappa shape index (κ1) is 28.8. The minimum atomic E-state index is -3.47. The largest absolute Gasteiger partial charge is 0.354 e. The van der Waals surface area contributed by atoms with Crippen LogP contribution in [0.25, 0.3) is 11.3 Å². The first-order valence-corrected chi connectivity index (χ1v) is 14.8. The van der Waals surface area contributed by atoms with E-state index in [4.69, 9.17) is 0 Å². The fourth-order valence-corrected chi connectivity index (χ4v) is 5.35. The van der Waals surface area contributed by atoms with Crippen LogP contribution in [-0.4, -0.2) is 77.1 Å². The van der Waals surface area contributed by atoms with Gasteiger partial charge in [-0.15, -0.1) is 0 Å². The summed E-state index contributed by atoms with van der Waals surface area (Å²) in [6, 6.07) is 21.8. The second kappa shape index (κ2) is 11.9. The highest BCUT2D eigenvalue weighted by Crippen LogP contribution is 2.38. The van der Waals surface area contributed by atoms with Crippen LogP contribution in [0.5, 0.6) is 0 Å². The zero-order chi connectivity index (χ0) is 29.0. The summed E-state index contributed by atoms with van der Waals surface area (Å²) in [5.74, 6) is -0.398. The molecule has 2 amide bonds. The molecule has 10 heteroatoms. The van der Waals surface area contributed by atoms with Crippen molar-refractivity contribution in [3.8, 4) is 0 Å². The lowest BCUT2D eigenvalue weighted by Gasteiger charge is -2.24.